The second kappa shape index (κ2) is 9.20. The molecule has 0 saturated carbocycles. The number of nitrogens with zero attached hydrogens (tertiary/aromatic N) is 4. The van der Waals surface area contributed by atoms with E-state index in [4.69, 9.17) is 0 Å². The lowest BCUT2D eigenvalue weighted by Crippen LogP contribution is -2.46. The van der Waals surface area contributed by atoms with Crippen molar-refractivity contribution in [2.75, 3.05) is 42.9 Å². The number of rotatable bonds is 6. The summed E-state index contributed by atoms with van der Waals surface area (Å²) in [6.07, 6.45) is 1.76. The first kappa shape index (κ1) is 21.5. The third-order valence-corrected chi connectivity index (χ3v) is 7.19. The molecule has 1 aliphatic heterocycles. The number of fused-ring (bicyclic) bond motifs is 1. The van der Waals surface area contributed by atoms with Gasteiger partial charge < -0.3 is 15.1 Å². The van der Waals surface area contributed by atoms with Crippen molar-refractivity contribution in [3.63, 3.8) is 0 Å². The molecule has 0 spiro atoms. The maximum Gasteiger partial charge on any atom is 0.262 e. The molecule has 1 fully saturated rings. The Hall–Kier alpha value is -2.71. The monoisotopic (exact) mass is 439 g/mol. The van der Waals surface area contributed by atoms with Crippen molar-refractivity contribution < 1.29 is 4.79 Å². The van der Waals surface area contributed by atoms with Gasteiger partial charge in [-0.25, -0.2) is 4.98 Å². The average molecular weight is 440 g/mol. The van der Waals surface area contributed by atoms with Gasteiger partial charge in [0, 0.05) is 55.4 Å². The van der Waals surface area contributed by atoms with Crippen LogP contribution in [0.15, 0.2) is 35.4 Å². The minimum absolute atomic E-state index is 0.0767. The fraction of sp³-hybridized carbons (Fsp3) is 0.435. The largest absolute Gasteiger partial charge is 0.369 e. The van der Waals surface area contributed by atoms with Gasteiger partial charge >= 0.3 is 0 Å². The molecule has 8 heteroatoms. The molecule has 1 amide bonds. The number of anilines is 2. The molecule has 164 valence electrons. The number of hydrogen-bond acceptors (Lipinski definition) is 6. The van der Waals surface area contributed by atoms with Crippen molar-refractivity contribution in [1.29, 1.82) is 0 Å². The second-order valence-corrected chi connectivity index (χ2v) is 9.18. The predicted octanol–water partition coefficient (Wildman–Crippen LogP) is 3.25. The van der Waals surface area contributed by atoms with Crippen LogP contribution in [-0.2, 0) is 11.3 Å². The summed E-state index contributed by atoms with van der Waals surface area (Å²) in [5.74, 6) is -0.116. The third kappa shape index (κ3) is 4.65. The fourth-order valence-corrected chi connectivity index (χ4v) is 4.94. The number of likely N-dealkylation sites (N-methyl/N-ethyl adjacent to an activating group) is 1. The number of hydrogen-bond donors (Lipinski definition) is 1. The predicted molar refractivity (Wildman–Crippen MR) is 127 cm³/mol. The van der Waals surface area contributed by atoms with Gasteiger partial charge in [-0.2, -0.15) is 0 Å². The smallest absolute Gasteiger partial charge is 0.262 e. The molecule has 0 radical (unpaired) electrons. The average Bonchev–Trinajstić information content (AvgIpc) is 3.08. The highest BCUT2D eigenvalue weighted by molar-refractivity contribution is 7.18. The number of amides is 1. The Morgan fingerprint density at radius 1 is 1.13 bits per heavy atom. The molecule has 3 aromatic rings. The molecule has 1 saturated heterocycles. The zero-order valence-electron chi connectivity index (χ0n) is 18.4. The minimum Gasteiger partial charge on any atom is -0.369 e. The Labute approximate surface area is 186 Å². The van der Waals surface area contributed by atoms with Gasteiger partial charge in [-0.3, -0.25) is 14.2 Å². The molecule has 7 nitrogen and oxygen atoms in total. The van der Waals surface area contributed by atoms with Gasteiger partial charge in [-0.15, -0.1) is 11.3 Å². The summed E-state index contributed by atoms with van der Waals surface area (Å²) < 4.78 is 1.53. The van der Waals surface area contributed by atoms with E-state index in [2.05, 4.69) is 39.2 Å². The van der Waals surface area contributed by atoms with Crippen molar-refractivity contribution in [3.05, 3.63) is 51.4 Å². The maximum atomic E-state index is 12.8. The highest BCUT2D eigenvalue weighted by Crippen LogP contribution is 2.25. The number of piperazine rings is 1. The van der Waals surface area contributed by atoms with Crippen molar-refractivity contribution >= 4 is 38.8 Å². The van der Waals surface area contributed by atoms with E-state index < -0.39 is 0 Å². The molecular formula is C23H29N5O2S. The quantitative estimate of drug-likeness (QED) is 0.639. The summed E-state index contributed by atoms with van der Waals surface area (Å²) in [5, 5.41) is 3.60. The van der Waals surface area contributed by atoms with Gasteiger partial charge in [0.25, 0.3) is 5.56 Å². The molecule has 1 aliphatic rings. The van der Waals surface area contributed by atoms with Gasteiger partial charge in [0.05, 0.1) is 11.7 Å². The number of thiophene rings is 1. The molecular weight excluding hydrogens is 410 g/mol. The SMILES string of the molecule is CCN1CCN(c2ccc(NC(=O)CCn3cnc4sc(C)c(C)c4c3=O)cc2)CC1. The van der Waals surface area contributed by atoms with E-state index >= 15 is 0 Å². The zero-order chi connectivity index (χ0) is 22.0. The Balaban J connectivity index is 1.34. The van der Waals surface area contributed by atoms with Crippen LogP contribution < -0.4 is 15.8 Å². The first-order chi connectivity index (χ1) is 15.0. The Morgan fingerprint density at radius 2 is 1.84 bits per heavy atom. The zero-order valence-corrected chi connectivity index (χ0v) is 19.2. The number of benzene rings is 1. The van der Waals surface area contributed by atoms with Crippen LogP contribution in [0.2, 0.25) is 0 Å². The normalized spacial score (nSPS) is 14.9. The summed E-state index contributed by atoms with van der Waals surface area (Å²) in [6, 6.07) is 8.00. The lowest BCUT2D eigenvalue weighted by molar-refractivity contribution is -0.116. The number of aryl methyl sites for hydroxylation is 3. The number of nitrogens with one attached hydrogen (secondary N) is 1. The molecule has 3 heterocycles. The van der Waals surface area contributed by atoms with Crippen molar-refractivity contribution in [2.45, 2.75) is 33.7 Å². The van der Waals surface area contributed by atoms with E-state index in [1.807, 2.05) is 26.0 Å². The summed E-state index contributed by atoms with van der Waals surface area (Å²) in [6.45, 7) is 11.8. The summed E-state index contributed by atoms with van der Waals surface area (Å²) in [5.41, 5.74) is 2.85. The van der Waals surface area contributed by atoms with Crippen LogP contribution in [0.5, 0.6) is 0 Å². The highest BCUT2D eigenvalue weighted by atomic mass is 32.1. The van der Waals surface area contributed by atoms with Crippen LogP contribution in [0.1, 0.15) is 23.8 Å². The summed E-state index contributed by atoms with van der Waals surface area (Å²) in [7, 11) is 0. The van der Waals surface area contributed by atoms with E-state index in [9.17, 15) is 9.59 Å². The lowest BCUT2D eigenvalue weighted by Gasteiger charge is -2.35. The van der Waals surface area contributed by atoms with Gasteiger partial charge in [0.1, 0.15) is 4.83 Å². The molecule has 0 unspecified atom stereocenters. The first-order valence-corrected chi connectivity index (χ1v) is 11.6. The maximum absolute atomic E-state index is 12.8. The van der Waals surface area contributed by atoms with Crippen LogP contribution >= 0.6 is 11.3 Å². The molecule has 0 bridgehead atoms. The molecule has 1 aromatic carbocycles. The lowest BCUT2D eigenvalue weighted by atomic mass is 10.2. The molecule has 31 heavy (non-hydrogen) atoms. The fourth-order valence-electron chi connectivity index (χ4n) is 3.95. The Bertz CT molecular complexity index is 1130. The standard InChI is InChI=1S/C23H29N5O2S/c1-4-26-11-13-27(14-12-26)19-7-5-18(6-8-19)25-20(29)9-10-28-15-24-22-21(23(28)30)16(2)17(3)31-22/h5-8,15H,4,9-14H2,1-3H3,(H,25,29). The van der Waals surface area contributed by atoms with Gasteiger partial charge in [0.2, 0.25) is 5.91 Å². The van der Waals surface area contributed by atoms with E-state index in [1.54, 1.807) is 6.33 Å². The summed E-state index contributed by atoms with van der Waals surface area (Å²) >= 11 is 1.53. The third-order valence-electron chi connectivity index (χ3n) is 6.07. The van der Waals surface area contributed by atoms with Gasteiger partial charge in [-0.1, -0.05) is 6.92 Å². The second-order valence-electron chi connectivity index (χ2n) is 7.97. The van der Waals surface area contributed by atoms with Gasteiger partial charge in [0.15, 0.2) is 0 Å². The van der Waals surface area contributed by atoms with Crippen LogP contribution in [0, 0.1) is 13.8 Å². The summed E-state index contributed by atoms with van der Waals surface area (Å²) in [4.78, 5) is 36.3. The van der Waals surface area contributed by atoms with Crippen molar-refractivity contribution in [3.8, 4) is 0 Å². The van der Waals surface area contributed by atoms with Crippen LogP contribution in [0.3, 0.4) is 0 Å². The Morgan fingerprint density at radius 3 is 2.52 bits per heavy atom. The molecule has 1 N–H and O–H groups in total. The number of carbonyl (C=O) groups excluding carboxylic acids is 1. The van der Waals surface area contributed by atoms with Crippen molar-refractivity contribution in [2.24, 2.45) is 0 Å². The first-order valence-electron chi connectivity index (χ1n) is 10.8. The van der Waals surface area contributed by atoms with E-state index in [0.29, 0.717) is 11.9 Å². The number of aromatic nitrogens is 2. The molecule has 0 atom stereocenters. The van der Waals surface area contributed by atoms with E-state index in [0.717, 1.165) is 53.7 Å². The highest BCUT2D eigenvalue weighted by Gasteiger charge is 2.16. The number of carbonyl (C=O) groups is 1. The molecule has 2 aromatic heterocycles. The van der Waals surface area contributed by atoms with Crippen LogP contribution in [-0.4, -0.2) is 53.1 Å². The topological polar surface area (TPSA) is 70.5 Å². The van der Waals surface area contributed by atoms with Gasteiger partial charge in [-0.05, 0) is 50.2 Å². The van der Waals surface area contributed by atoms with E-state index in [1.165, 1.54) is 21.6 Å². The minimum atomic E-state index is -0.116. The molecule has 0 aliphatic carbocycles. The van der Waals surface area contributed by atoms with Crippen LogP contribution in [0.4, 0.5) is 11.4 Å². The van der Waals surface area contributed by atoms with Crippen LogP contribution in [0.25, 0.3) is 10.2 Å². The van der Waals surface area contributed by atoms with Crippen molar-refractivity contribution in [1.82, 2.24) is 14.5 Å². The Kier molecular flexibility index (Phi) is 6.38. The molecule has 4 rings (SSSR count). The van der Waals surface area contributed by atoms with E-state index in [-0.39, 0.29) is 17.9 Å².